The maximum atomic E-state index is 12.8. The van der Waals surface area contributed by atoms with E-state index in [1.807, 2.05) is 0 Å². The van der Waals surface area contributed by atoms with Gasteiger partial charge in [0.25, 0.3) is 5.24 Å². The zero-order valence-corrected chi connectivity index (χ0v) is 7.22. The molecule has 1 rings (SSSR count). The van der Waals surface area contributed by atoms with Gasteiger partial charge in [-0.25, -0.2) is 0 Å². The summed E-state index contributed by atoms with van der Waals surface area (Å²) in [6, 6.07) is 0. The fourth-order valence-corrected chi connectivity index (χ4v) is 2.41. The molecule has 1 aliphatic rings. The van der Waals surface area contributed by atoms with Crippen LogP contribution in [0, 0.1) is 5.92 Å². The van der Waals surface area contributed by atoms with Gasteiger partial charge in [0.15, 0.2) is 0 Å². The summed E-state index contributed by atoms with van der Waals surface area (Å²) in [7, 11) is 0. The van der Waals surface area contributed by atoms with E-state index in [9.17, 15) is 13.6 Å². The maximum Gasteiger partial charge on any atom is 0.323 e. The molecule has 0 amide bonds. The standard InChI is InChI=1S/C6H7ClF2OS/c7-5(10)6(8,9)4-1-2-11-3-4/h4H,1-3H2. The Bertz CT molecular complexity index is 168. The number of thioether (sulfide) groups is 1. The molecule has 11 heavy (non-hydrogen) atoms. The van der Waals surface area contributed by atoms with Gasteiger partial charge in [0, 0.05) is 11.7 Å². The lowest BCUT2D eigenvalue weighted by Crippen LogP contribution is -2.34. The first-order valence-electron chi connectivity index (χ1n) is 3.20. The number of carbonyl (C=O) groups excluding carboxylic acids is 1. The molecule has 0 spiro atoms. The van der Waals surface area contributed by atoms with Crippen LogP contribution in [-0.4, -0.2) is 22.7 Å². The Labute approximate surface area is 72.5 Å². The van der Waals surface area contributed by atoms with Crippen LogP contribution in [0.2, 0.25) is 0 Å². The minimum atomic E-state index is -3.31. The van der Waals surface area contributed by atoms with Crippen LogP contribution >= 0.6 is 23.4 Å². The Balaban J connectivity index is 2.62. The normalized spacial score (nSPS) is 25.5. The van der Waals surface area contributed by atoms with Crippen molar-refractivity contribution in [3.05, 3.63) is 0 Å². The van der Waals surface area contributed by atoms with E-state index in [1.165, 1.54) is 11.8 Å². The molecule has 1 unspecified atom stereocenters. The highest BCUT2D eigenvalue weighted by molar-refractivity contribution is 7.99. The fraction of sp³-hybridized carbons (Fsp3) is 0.833. The lowest BCUT2D eigenvalue weighted by molar-refractivity contribution is -0.140. The molecule has 0 bridgehead atoms. The SMILES string of the molecule is O=C(Cl)C(F)(F)C1CCSC1. The molecule has 0 aliphatic carbocycles. The van der Waals surface area contributed by atoms with Crippen LogP contribution in [0.3, 0.4) is 0 Å². The molecular formula is C6H7ClF2OS. The average molecular weight is 201 g/mol. The van der Waals surface area contributed by atoms with Crippen molar-refractivity contribution in [2.75, 3.05) is 11.5 Å². The van der Waals surface area contributed by atoms with E-state index in [2.05, 4.69) is 0 Å². The number of carbonyl (C=O) groups is 1. The first-order valence-corrected chi connectivity index (χ1v) is 4.74. The number of hydrogen-bond donors (Lipinski definition) is 0. The van der Waals surface area contributed by atoms with Crippen molar-refractivity contribution < 1.29 is 13.6 Å². The molecule has 0 aromatic rings. The van der Waals surface area contributed by atoms with Crippen molar-refractivity contribution in [3.8, 4) is 0 Å². The molecule has 1 nitrogen and oxygen atoms in total. The summed E-state index contributed by atoms with van der Waals surface area (Å²) in [5, 5.41) is -1.52. The molecule has 0 aromatic carbocycles. The van der Waals surface area contributed by atoms with Gasteiger partial charge in [-0.05, 0) is 23.8 Å². The maximum absolute atomic E-state index is 12.8. The molecule has 0 saturated carbocycles. The van der Waals surface area contributed by atoms with Gasteiger partial charge in [-0.2, -0.15) is 20.5 Å². The Morgan fingerprint density at radius 1 is 1.64 bits per heavy atom. The van der Waals surface area contributed by atoms with Crippen LogP contribution in [0.4, 0.5) is 8.78 Å². The van der Waals surface area contributed by atoms with E-state index in [0.717, 1.165) is 0 Å². The van der Waals surface area contributed by atoms with Gasteiger partial charge in [0.2, 0.25) is 0 Å². The molecule has 64 valence electrons. The summed E-state index contributed by atoms with van der Waals surface area (Å²) in [4.78, 5) is 10.3. The molecule has 1 saturated heterocycles. The summed E-state index contributed by atoms with van der Waals surface area (Å²) in [5.74, 6) is -3.13. The van der Waals surface area contributed by atoms with Gasteiger partial charge in [-0.1, -0.05) is 0 Å². The second kappa shape index (κ2) is 3.27. The van der Waals surface area contributed by atoms with Gasteiger partial charge in [-0.15, -0.1) is 0 Å². The second-order valence-corrected chi connectivity index (χ2v) is 3.95. The summed E-state index contributed by atoms with van der Waals surface area (Å²) >= 11 is 6.19. The Morgan fingerprint density at radius 3 is 2.64 bits per heavy atom. The summed E-state index contributed by atoms with van der Waals surface area (Å²) in [5.41, 5.74) is 0. The summed E-state index contributed by atoms with van der Waals surface area (Å²) < 4.78 is 25.5. The Hall–Kier alpha value is 0.170. The molecule has 1 fully saturated rings. The van der Waals surface area contributed by atoms with Gasteiger partial charge >= 0.3 is 5.92 Å². The zero-order chi connectivity index (χ0) is 8.48. The van der Waals surface area contributed by atoms with Crippen molar-refractivity contribution >= 4 is 28.6 Å². The third-order valence-corrected chi connectivity index (χ3v) is 3.12. The van der Waals surface area contributed by atoms with Crippen molar-refractivity contribution in [2.45, 2.75) is 12.3 Å². The van der Waals surface area contributed by atoms with Crippen molar-refractivity contribution in [1.29, 1.82) is 0 Å². The van der Waals surface area contributed by atoms with E-state index in [4.69, 9.17) is 11.6 Å². The van der Waals surface area contributed by atoms with Crippen molar-refractivity contribution in [1.82, 2.24) is 0 Å². The molecule has 1 atom stereocenters. The highest BCUT2D eigenvalue weighted by atomic mass is 35.5. The van der Waals surface area contributed by atoms with Crippen LogP contribution in [0.25, 0.3) is 0 Å². The lowest BCUT2D eigenvalue weighted by Gasteiger charge is -2.17. The highest BCUT2D eigenvalue weighted by Crippen LogP contribution is 2.37. The monoisotopic (exact) mass is 200 g/mol. The first kappa shape index (κ1) is 9.26. The topological polar surface area (TPSA) is 17.1 Å². The van der Waals surface area contributed by atoms with Crippen LogP contribution in [-0.2, 0) is 4.79 Å². The molecule has 1 aliphatic heterocycles. The van der Waals surface area contributed by atoms with E-state index >= 15 is 0 Å². The largest absolute Gasteiger partial charge is 0.323 e. The second-order valence-electron chi connectivity index (χ2n) is 2.46. The number of rotatable bonds is 2. The molecule has 5 heteroatoms. The molecular weight excluding hydrogens is 194 g/mol. The molecule has 1 heterocycles. The molecule has 0 N–H and O–H groups in total. The van der Waals surface area contributed by atoms with Crippen molar-refractivity contribution in [3.63, 3.8) is 0 Å². The predicted molar refractivity (Wildman–Crippen MR) is 41.2 cm³/mol. The first-order chi connectivity index (χ1) is 5.05. The Morgan fingerprint density at radius 2 is 2.27 bits per heavy atom. The predicted octanol–water partition coefficient (Wildman–Crippen LogP) is 2.14. The van der Waals surface area contributed by atoms with Gasteiger partial charge < -0.3 is 0 Å². The lowest BCUT2D eigenvalue weighted by atomic mass is 10.0. The van der Waals surface area contributed by atoms with E-state index in [-0.39, 0.29) is 0 Å². The third kappa shape index (κ3) is 1.85. The average Bonchev–Trinajstić information content (AvgIpc) is 2.37. The minimum absolute atomic E-state index is 0.339. The van der Waals surface area contributed by atoms with Gasteiger partial charge in [0.1, 0.15) is 0 Å². The van der Waals surface area contributed by atoms with Crippen LogP contribution in [0.1, 0.15) is 6.42 Å². The summed E-state index contributed by atoms with van der Waals surface area (Å²) in [6.07, 6.45) is 0.385. The van der Waals surface area contributed by atoms with E-state index < -0.39 is 17.1 Å². The molecule has 0 aromatic heterocycles. The van der Waals surface area contributed by atoms with Gasteiger partial charge in [-0.3, -0.25) is 4.79 Å². The van der Waals surface area contributed by atoms with Crippen LogP contribution in [0.15, 0.2) is 0 Å². The third-order valence-electron chi connectivity index (χ3n) is 1.70. The highest BCUT2D eigenvalue weighted by Gasteiger charge is 2.47. The smallest absolute Gasteiger partial charge is 0.274 e. The van der Waals surface area contributed by atoms with Gasteiger partial charge in [0.05, 0.1) is 0 Å². The Kier molecular flexibility index (Phi) is 2.75. The fourth-order valence-electron chi connectivity index (χ4n) is 0.981. The summed E-state index contributed by atoms with van der Waals surface area (Å²) in [6.45, 7) is 0. The number of halogens is 3. The number of alkyl halides is 2. The zero-order valence-electron chi connectivity index (χ0n) is 5.65. The molecule has 0 radical (unpaired) electrons. The van der Waals surface area contributed by atoms with Crippen LogP contribution in [0.5, 0.6) is 0 Å². The number of hydrogen-bond acceptors (Lipinski definition) is 2. The van der Waals surface area contributed by atoms with E-state index in [1.54, 1.807) is 0 Å². The van der Waals surface area contributed by atoms with E-state index in [0.29, 0.717) is 17.9 Å². The van der Waals surface area contributed by atoms with Crippen LogP contribution < -0.4 is 0 Å². The van der Waals surface area contributed by atoms with Crippen molar-refractivity contribution in [2.24, 2.45) is 5.92 Å². The minimum Gasteiger partial charge on any atom is -0.274 e. The quantitative estimate of drug-likeness (QED) is 0.636.